The second kappa shape index (κ2) is 40.5. The summed E-state index contributed by atoms with van der Waals surface area (Å²) in [5.74, 6) is 0.176. The zero-order valence-electron chi connectivity index (χ0n) is 32.4. The molecular formula is C43H80O6. The number of unbranched alkanes of at least 4 members (excludes halogenated alkanes) is 30. The molecule has 1 aromatic carbocycles. The molecule has 0 fully saturated rings. The van der Waals surface area contributed by atoms with Gasteiger partial charge in [-0.3, -0.25) is 4.89 Å². The third-order valence-corrected chi connectivity index (χ3v) is 9.26. The molecule has 0 unspecified atom stereocenters. The minimum Gasteiger partial charge on any atom is -0.508 e. The highest BCUT2D eigenvalue weighted by Crippen LogP contribution is 2.16. The number of aromatic hydroxyl groups is 2. The van der Waals surface area contributed by atoms with E-state index in [-0.39, 0.29) is 11.5 Å². The zero-order valence-corrected chi connectivity index (χ0v) is 32.4. The fraction of sp³-hybridized carbons (Fsp3) is 0.837. The van der Waals surface area contributed by atoms with Gasteiger partial charge in [0.1, 0.15) is 11.5 Å². The molecule has 0 saturated carbocycles. The number of ether oxygens (including phenoxy) is 1. The smallest absolute Gasteiger partial charge is 0.508 e. The van der Waals surface area contributed by atoms with Crippen LogP contribution in [-0.4, -0.2) is 29.6 Å². The number of phenolic OH excluding ortho intramolecular Hbond substituents is 2. The van der Waals surface area contributed by atoms with Gasteiger partial charge in [0.15, 0.2) is 0 Å². The highest BCUT2D eigenvalue weighted by Gasteiger charge is 2.05. The summed E-state index contributed by atoms with van der Waals surface area (Å²) in [5.41, 5.74) is 0. The van der Waals surface area contributed by atoms with E-state index in [1.807, 2.05) is 0 Å². The molecule has 6 heteroatoms. The Morgan fingerprint density at radius 2 is 0.735 bits per heavy atom. The van der Waals surface area contributed by atoms with Gasteiger partial charge in [-0.05, 0) is 25.0 Å². The van der Waals surface area contributed by atoms with E-state index in [4.69, 9.17) is 24.7 Å². The van der Waals surface area contributed by atoms with Crippen LogP contribution < -0.4 is 0 Å². The lowest BCUT2D eigenvalue weighted by molar-refractivity contribution is -0.255. The lowest BCUT2D eigenvalue weighted by Gasteiger charge is -2.06. The average Bonchev–Trinajstić information content (AvgIpc) is 3.09. The minimum absolute atomic E-state index is 0.0880. The predicted molar refractivity (Wildman–Crippen MR) is 207 cm³/mol. The van der Waals surface area contributed by atoms with E-state index in [1.165, 1.54) is 198 Å². The summed E-state index contributed by atoms with van der Waals surface area (Å²) in [6, 6.07) is 5.85. The van der Waals surface area contributed by atoms with Crippen LogP contribution in [0, 0.1) is 0 Å². The van der Waals surface area contributed by atoms with Gasteiger partial charge in [0.05, 0.1) is 13.2 Å². The molecule has 49 heavy (non-hydrogen) atoms. The van der Waals surface area contributed by atoms with Gasteiger partial charge < -0.3 is 14.9 Å². The molecule has 0 aliphatic carbocycles. The Morgan fingerprint density at radius 3 is 1.02 bits per heavy atom. The number of carbonyl (C=O) groups is 1. The van der Waals surface area contributed by atoms with Crippen LogP contribution in [0.4, 0.5) is 4.79 Å². The Morgan fingerprint density at radius 1 is 0.449 bits per heavy atom. The van der Waals surface area contributed by atoms with Crippen LogP contribution in [0.2, 0.25) is 0 Å². The molecule has 0 aromatic heterocycles. The minimum atomic E-state index is -0.692. The fourth-order valence-electron chi connectivity index (χ4n) is 6.12. The van der Waals surface area contributed by atoms with Crippen LogP contribution in [-0.2, 0) is 14.5 Å². The van der Waals surface area contributed by atoms with Gasteiger partial charge in [-0.15, -0.1) is 0 Å². The highest BCUT2D eigenvalue weighted by molar-refractivity contribution is 5.58. The molecule has 0 bridgehead atoms. The van der Waals surface area contributed by atoms with Gasteiger partial charge >= 0.3 is 6.16 Å². The zero-order chi connectivity index (χ0) is 35.7. The van der Waals surface area contributed by atoms with E-state index in [0.29, 0.717) is 13.2 Å². The molecule has 0 aliphatic heterocycles. The van der Waals surface area contributed by atoms with Gasteiger partial charge in [0.2, 0.25) is 0 Å². The molecule has 0 aliphatic rings. The van der Waals surface area contributed by atoms with Crippen molar-refractivity contribution < 1.29 is 29.5 Å². The van der Waals surface area contributed by atoms with Gasteiger partial charge in [-0.2, -0.15) is 4.89 Å². The maximum absolute atomic E-state index is 11.6. The lowest BCUT2D eigenvalue weighted by atomic mass is 10.0. The van der Waals surface area contributed by atoms with E-state index < -0.39 is 6.16 Å². The van der Waals surface area contributed by atoms with E-state index in [0.717, 1.165) is 25.7 Å². The summed E-state index contributed by atoms with van der Waals surface area (Å²) in [6.45, 7) is 5.46. The summed E-state index contributed by atoms with van der Waals surface area (Å²) < 4.78 is 5.11. The van der Waals surface area contributed by atoms with Crippen molar-refractivity contribution in [3.63, 3.8) is 0 Å². The first-order valence-corrected chi connectivity index (χ1v) is 21.0. The quantitative estimate of drug-likeness (QED) is 0.0319. The first-order valence-electron chi connectivity index (χ1n) is 21.0. The Labute approximate surface area is 303 Å². The van der Waals surface area contributed by atoms with E-state index in [1.54, 1.807) is 6.07 Å². The van der Waals surface area contributed by atoms with Crippen molar-refractivity contribution in [1.82, 2.24) is 0 Å². The Hall–Kier alpha value is -1.95. The van der Waals surface area contributed by atoms with Crippen molar-refractivity contribution >= 4 is 6.16 Å². The average molecular weight is 693 g/mol. The van der Waals surface area contributed by atoms with E-state index >= 15 is 0 Å². The van der Waals surface area contributed by atoms with Crippen LogP contribution >= 0.6 is 0 Å². The number of phenols is 2. The normalized spacial score (nSPS) is 10.9. The lowest BCUT2D eigenvalue weighted by Crippen LogP contribution is -2.09. The Bertz CT molecular complexity index is 768. The first kappa shape index (κ1) is 47.0. The molecule has 0 amide bonds. The number of benzene rings is 1. The third kappa shape index (κ3) is 40.4. The monoisotopic (exact) mass is 693 g/mol. The van der Waals surface area contributed by atoms with Gasteiger partial charge in [-0.1, -0.05) is 213 Å². The summed E-state index contributed by atoms with van der Waals surface area (Å²) >= 11 is 0. The van der Waals surface area contributed by atoms with Crippen molar-refractivity contribution in [3.8, 4) is 11.5 Å². The molecule has 0 saturated heterocycles. The fourth-order valence-corrected chi connectivity index (χ4v) is 6.12. The number of carbonyl (C=O) groups excluding carboxylic acids is 1. The van der Waals surface area contributed by atoms with Gasteiger partial charge in [0.25, 0.3) is 0 Å². The molecule has 1 aromatic rings. The van der Waals surface area contributed by atoms with Gasteiger partial charge in [0, 0.05) is 6.07 Å². The summed E-state index contributed by atoms with van der Waals surface area (Å²) in [7, 11) is 0. The largest absolute Gasteiger partial charge is 0.540 e. The molecular weight excluding hydrogens is 612 g/mol. The second-order valence-electron chi connectivity index (χ2n) is 14.1. The molecule has 0 radical (unpaired) electrons. The maximum Gasteiger partial charge on any atom is 0.540 e. The first-order chi connectivity index (χ1) is 24.1. The van der Waals surface area contributed by atoms with Crippen LogP contribution in [0.15, 0.2) is 24.3 Å². The van der Waals surface area contributed by atoms with Crippen LogP contribution in [0.3, 0.4) is 0 Å². The highest BCUT2D eigenvalue weighted by atomic mass is 17.2. The summed E-state index contributed by atoms with van der Waals surface area (Å²) in [6.07, 6.45) is 42.2. The number of hydrogen-bond acceptors (Lipinski definition) is 6. The molecule has 0 heterocycles. The Balaban J connectivity index is 0.00000249. The standard InChI is InChI=1S/C37H74O4.C6H6O2/c1-3-5-7-9-11-13-15-17-19-21-23-25-27-29-31-33-35-39-37(38)41-40-36-34-32-30-28-26-24-22-20-18-16-14-12-10-8-6-4-2;7-5-2-1-3-6(8)4-5/h3-36H2,1-2H3;1-4,7-8H. The van der Waals surface area contributed by atoms with Crippen molar-refractivity contribution in [2.45, 2.75) is 219 Å². The molecule has 288 valence electrons. The number of hydrogen-bond donors (Lipinski definition) is 2. The van der Waals surface area contributed by atoms with Crippen molar-refractivity contribution in [3.05, 3.63) is 24.3 Å². The molecule has 1 rings (SSSR count). The van der Waals surface area contributed by atoms with Crippen molar-refractivity contribution in [2.75, 3.05) is 13.2 Å². The second-order valence-corrected chi connectivity index (χ2v) is 14.1. The predicted octanol–water partition coefficient (Wildman–Crippen LogP) is 14.7. The molecule has 6 nitrogen and oxygen atoms in total. The van der Waals surface area contributed by atoms with Crippen LogP contribution in [0.5, 0.6) is 11.5 Å². The van der Waals surface area contributed by atoms with E-state index in [9.17, 15) is 4.79 Å². The van der Waals surface area contributed by atoms with E-state index in [2.05, 4.69) is 13.8 Å². The van der Waals surface area contributed by atoms with Crippen LogP contribution in [0.25, 0.3) is 0 Å². The van der Waals surface area contributed by atoms with Crippen molar-refractivity contribution in [2.24, 2.45) is 0 Å². The maximum atomic E-state index is 11.6. The van der Waals surface area contributed by atoms with Gasteiger partial charge in [-0.25, -0.2) is 4.79 Å². The third-order valence-electron chi connectivity index (χ3n) is 9.26. The SMILES string of the molecule is CCCCCCCCCCCCCCCCCCOOC(=O)OCCCCCCCCCCCCCCCCCC.Oc1cccc(O)c1. The number of rotatable bonds is 35. The summed E-state index contributed by atoms with van der Waals surface area (Å²) in [5, 5.41) is 17.3. The molecule has 0 atom stereocenters. The molecule has 2 N–H and O–H groups in total. The van der Waals surface area contributed by atoms with Crippen molar-refractivity contribution in [1.29, 1.82) is 0 Å². The summed E-state index contributed by atoms with van der Waals surface area (Å²) in [4.78, 5) is 21.4. The Kier molecular flexibility index (Phi) is 38.9. The van der Waals surface area contributed by atoms with Crippen LogP contribution in [0.1, 0.15) is 219 Å². The molecule has 0 spiro atoms. The topological polar surface area (TPSA) is 85.2 Å².